The summed E-state index contributed by atoms with van der Waals surface area (Å²) >= 11 is 0. The quantitative estimate of drug-likeness (QED) is 0.564. The van der Waals surface area contributed by atoms with E-state index in [0.717, 1.165) is 31.2 Å². The van der Waals surface area contributed by atoms with Gasteiger partial charge in [0.25, 0.3) is 0 Å². The van der Waals surface area contributed by atoms with E-state index in [0.29, 0.717) is 31.2 Å². The molecule has 8 nitrogen and oxygen atoms in total. The first-order valence-corrected chi connectivity index (χ1v) is 11.1. The first-order valence-electron chi connectivity index (χ1n) is 11.1. The summed E-state index contributed by atoms with van der Waals surface area (Å²) in [5, 5.41) is 0. The molecule has 2 N–H and O–H groups in total. The van der Waals surface area contributed by atoms with Crippen molar-refractivity contribution in [3.8, 4) is 6.01 Å². The fraction of sp³-hybridized carbons (Fsp3) is 0.762. The number of hydrogen-bond donors (Lipinski definition) is 1. The largest absolute Gasteiger partial charge is 0.463 e. The average Bonchev–Trinajstić information content (AvgIpc) is 3.02. The molecule has 162 valence electrons. The number of ether oxygens (including phenoxy) is 1. The number of carbonyl (C=O) groups excluding carboxylic acids is 1. The number of unbranched alkanes of at least 4 members (excludes halogenated alkanes) is 4. The first-order chi connectivity index (χ1) is 14.1. The highest BCUT2D eigenvalue weighted by Crippen LogP contribution is 2.32. The van der Waals surface area contributed by atoms with Gasteiger partial charge in [-0.3, -0.25) is 9.69 Å². The smallest absolute Gasteiger partial charge is 0.320 e. The summed E-state index contributed by atoms with van der Waals surface area (Å²) in [6.45, 7) is 9.24. The highest BCUT2D eigenvalue weighted by molar-refractivity contribution is 6.01. The van der Waals surface area contributed by atoms with Crippen LogP contribution in [0.5, 0.6) is 6.01 Å². The average molecular weight is 405 g/mol. The molecule has 1 fully saturated rings. The van der Waals surface area contributed by atoms with Crippen LogP contribution < -0.4 is 15.4 Å². The van der Waals surface area contributed by atoms with Crippen molar-refractivity contribution in [2.75, 3.05) is 63.6 Å². The minimum Gasteiger partial charge on any atom is -0.463 e. The number of piperazine rings is 1. The highest BCUT2D eigenvalue weighted by Gasteiger charge is 2.31. The number of nitrogens with two attached hydrogens (primary N) is 1. The Morgan fingerprint density at radius 3 is 2.45 bits per heavy atom. The van der Waals surface area contributed by atoms with Crippen LogP contribution in [0.3, 0.4) is 0 Å². The summed E-state index contributed by atoms with van der Waals surface area (Å²) < 4.78 is 5.61. The van der Waals surface area contributed by atoms with E-state index in [-0.39, 0.29) is 11.9 Å². The van der Waals surface area contributed by atoms with Crippen LogP contribution in [0.4, 0.5) is 11.6 Å². The molecule has 8 heteroatoms. The summed E-state index contributed by atoms with van der Waals surface area (Å²) in [6.07, 6.45) is 6.78. The van der Waals surface area contributed by atoms with Gasteiger partial charge < -0.3 is 20.3 Å². The Morgan fingerprint density at radius 1 is 1.00 bits per heavy atom. The molecule has 0 unspecified atom stereocenters. The zero-order valence-electron chi connectivity index (χ0n) is 18.0. The van der Waals surface area contributed by atoms with Crippen LogP contribution in [0.15, 0.2) is 0 Å². The molecule has 0 aliphatic carbocycles. The van der Waals surface area contributed by atoms with Crippen molar-refractivity contribution in [1.29, 1.82) is 0 Å². The van der Waals surface area contributed by atoms with E-state index in [1.807, 2.05) is 0 Å². The van der Waals surface area contributed by atoms with E-state index in [1.165, 1.54) is 45.6 Å². The van der Waals surface area contributed by atoms with Crippen molar-refractivity contribution in [3.05, 3.63) is 5.56 Å². The Labute approximate surface area is 174 Å². The number of anilines is 2. The fourth-order valence-corrected chi connectivity index (χ4v) is 3.86. The Kier molecular flexibility index (Phi) is 8.06. The van der Waals surface area contributed by atoms with Crippen molar-refractivity contribution < 1.29 is 9.53 Å². The zero-order chi connectivity index (χ0) is 20.6. The Hall–Kier alpha value is -1.93. The van der Waals surface area contributed by atoms with Crippen molar-refractivity contribution >= 4 is 17.5 Å². The minimum atomic E-state index is 0.0594. The summed E-state index contributed by atoms with van der Waals surface area (Å²) in [4.78, 5) is 27.9. The maximum Gasteiger partial charge on any atom is 0.320 e. The molecule has 0 aromatic carbocycles. The summed E-state index contributed by atoms with van der Waals surface area (Å²) in [5.41, 5.74) is 6.80. The predicted molar refractivity (Wildman–Crippen MR) is 115 cm³/mol. The van der Waals surface area contributed by atoms with Crippen molar-refractivity contribution in [1.82, 2.24) is 19.8 Å². The first kappa shape index (κ1) is 21.8. The van der Waals surface area contributed by atoms with Crippen LogP contribution in [-0.2, 0) is 11.2 Å². The van der Waals surface area contributed by atoms with Crippen LogP contribution >= 0.6 is 0 Å². The fourth-order valence-electron chi connectivity index (χ4n) is 3.86. The minimum absolute atomic E-state index is 0.0594. The van der Waals surface area contributed by atoms with Gasteiger partial charge in [-0.05, 0) is 32.9 Å². The number of hydrogen-bond acceptors (Lipinski definition) is 7. The van der Waals surface area contributed by atoms with E-state index in [9.17, 15) is 4.79 Å². The SMILES string of the molecule is CCCCOc1nc(N)c2c(n1)N(CCCCCCN1CCN(C)CC1)C(=O)C2. The molecule has 0 spiro atoms. The van der Waals surface area contributed by atoms with Crippen molar-refractivity contribution in [2.24, 2.45) is 0 Å². The highest BCUT2D eigenvalue weighted by atomic mass is 16.5. The van der Waals surface area contributed by atoms with Crippen molar-refractivity contribution in [2.45, 2.75) is 51.9 Å². The number of amides is 1. The lowest BCUT2D eigenvalue weighted by Crippen LogP contribution is -2.44. The number of carbonyl (C=O) groups is 1. The maximum atomic E-state index is 12.5. The molecular formula is C21H36N6O2. The second kappa shape index (κ2) is 10.7. The van der Waals surface area contributed by atoms with Crippen molar-refractivity contribution in [3.63, 3.8) is 0 Å². The molecular weight excluding hydrogens is 368 g/mol. The standard InChI is InChI=1S/C21H36N6O2/c1-3-4-15-29-21-23-19(22)17-16-18(28)27(20(17)24-21)10-8-6-5-7-9-26-13-11-25(2)12-14-26/h3-16H2,1-2H3,(H2,22,23,24). The van der Waals surface area contributed by atoms with Crippen LogP contribution in [-0.4, -0.2) is 78.6 Å². The molecule has 0 radical (unpaired) electrons. The van der Waals surface area contributed by atoms with E-state index in [1.54, 1.807) is 4.90 Å². The van der Waals surface area contributed by atoms with Gasteiger partial charge in [-0.2, -0.15) is 9.97 Å². The second-order valence-corrected chi connectivity index (χ2v) is 8.18. The number of nitrogen functional groups attached to an aromatic ring is 1. The van der Waals surface area contributed by atoms with Gasteiger partial charge in [-0.15, -0.1) is 0 Å². The van der Waals surface area contributed by atoms with Gasteiger partial charge in [-0.1, -0.05) is 26.2 Å². The van der Waals surface area contributed by atoms with Crippen LogP contribution in [0.1, 0.15) is 51.0 Å². The van der Waals surface area contributed by atoms with E-state index < -0.39 is 0 Å². The topological polar surface area (TPSA) is 87.8 Å². The third-order valence-corrected chi connectivity index (χ3v) is 5.81. The number of rotatable bonds is 11. The third-order valence-electron chi connectivity index (χ3n) is 5.81. The molecule has 1 aromatic rings. The third kappa shape index (κ3) is 6.02. The molecule has 0 bridgehead atoms. The van der Waals surface area contributed by atoms with E-state index >= 15 is 0 Å². The van der Waals surface area contributed by atoms with Crippen LogP contribution in [0.2, 0.25) is 0 Å². The molecule has 3 rings (SSSR count). The number of likely N-dealkylation sites (N-methyl/N-ethyl adjacent to an activating group) is 1. The summed E-state index contributed by atoms with van der Waals surface area (Å²) in [5.74, 6) is 1.07. The molecule has 0 saturated carbocycles. The lowest BCUT2D eigenvalue weighted by atomic mass is 10.1. The summed E-state index contributed by atoms with van der Waals surface area (Å²) in [6, 6.07) is 0.279. The molecule has 1 aromatic heterocycles. The number of fused-ring (bicyclic) bond motifs is 1. The molecule has 3 heterocycles. The van der Waals surface area contributed by atoms with Gasteiger partial charge in [0.1, 0.15) is 11.6 Å². The maximum absolute atomic E-state index is 12.5. The number of aromatic nitrogens is 2. The predicted octanol–water partition coefficient (Wildman–Crippen LogP) is 1.93. The Morgan fingerprint density at radius 2 is 1.72 bits per heavy atom. The second-order valence-electron chi connectivity index (χ2n) is 8.18. The Balaban J connectivity index is 1.42. The molecule has 0 atom stereocenters. The molecule has 2 aliphatic heterocycles. The zero-order valence-corrected chi connectivity index (χ0v) is 18.0. The van der Waals surface area contributed by atoms with Gasteiger partial charge >= 0.3 is 6.01 Å². The van der Waals surface area contributed by atoms with Crippen LogP contribution in [0.25, 0.3) is 0 Å². The molecule has 1 saturated heterocycles. The van der Waals surface area contributed by atoms with Gasteiger partial charge in [0, 0.05) is 38.3 Å². The van der Waals surface area contributed by atoms with Gasteiger partial charge in [0.05, 0.1) is 13.0 Å². The lowest BCUT2D eigenvalue weighted by Gasteiger charge is -2.32. The molecule has 29 heavy (non-hydrogen) atoms. The van der Waals surface area contributed by atoms with E-state index in [4.69, 9.17) is 10.5 Å². The van der Waals surface area contributed by atoms with Gasteiger partial charge in [-0.25, -0.2) is 0 Å². The Bertz CT molecular complexity index is 675. The number of nitrogens with zero attached hydrogens (tertiary/aromatic N) is 5. The van der Waals surface area contributed by atoms with Gasteiger partial charge in [0.2, 0.25) is 5.91 Å². The lowest BCUT2D eigenvalue weighted by molar-refractivity contribution is -0.117. The van der Waals surface area contributed by atoms with Crippen LogP contribution in [0, 0.1) is 0 Å². The molecule has 1 amide bonds. The summed E-state index contributed by atoms with van der Waals surface area (Å²) in [7, 11) is 2.19. The normalized spacial score (nSPS) is 17.7. The van der Waals surface area contributed by atoms with E-state index in [2.05, 4.69) is 33.7 Å². The monoisotopic (exact) mass is 404 g/mol. The molecule has 2 aliphatic rings. The van der Waals surface area contributed by atoms with Gasteiger partial charge in [0.15, 0.2) is 0 Å².